The molecule has 0 radical (unpaired) electrons. The quantitative estimate of drug-likeness (QED) is 0.297. The lowest BCUT2D eigenvalue weighted by molar-refractivity contribution is -0.623. The molecule has 0 fully saturated rings. The Morgan fingerprint density at radius 3 is 1.94 bits per heavy atom. The van der Waals surface area contributed by atoms with Crippen molar-refractivity contribution in [2.24, 2.45) is 0 Å². The first-order valence-corrected chi connectivity index (χ1v) is 6.09. The fraction of sp³-hybridized carbons (Fsp3) is 0.909. The van der Waals surface area contributed by atoms with E-state index in [1.165, 1.54) is 0 Å². The van der Waals surface area contributed by atoms with Crippen LogP contribution in [0, 0.1) is 0 Å². The maximum atomic E-state index is 10.2. The van der Waals surface area contributed by atoms with Gasteiger partial charge in [-0.15, -0.1) is 0 Å². The number of rotatable bonds is 13. The van der Waals surface area contributed by atoms with Crippen molar-refractivity contribution in [2.75, 3.05) is 6.61 Å². The highest BCUT2D eigenvalue weighted by molar-refractivity contribution is 5.66. The van der Waals surface area contributed by atoms with Gasteiger partial charge in [-0.2, -0.15) is 0 Å². The summed E-state index contributed by atoms with van der Waals surface area (Å²) in [6, 6.07) is 0. The molecule has 102 valence electrons. The van der Waals surface area contributed by atoms with E-state index in [4.69, 9.17) is 10.4 Å². The molecule has 0 aromatic rings. The first-order chi connectivity index (χ1) is 8.27. The van der Waals surface area contributed by atoms with Crippen molar-refractivity contribution in [1.29, 1.82) is 0 Å². The Kier molecular flexibility index (Phi) is 12.8. The normalized spacial score (nSPS) is 10.6. The molecule has 6 nitrogen and oxygen atoms in total. The molecule has 0 aliphatic heterocycles. The molecule has 0 spiro atoms. The molecule has 0 aromatic carbocycles. The first-order valence-electron chi connectivity index (χ1n) is 6.09. The SMILES string of the molecule is O=C(O)CCCCCCCCCCOOOO. The average molecular weight is 250 g/mol. The Bertz CT molecular complexity index is 173. The number of hydrogen-bond donors (Lipinski definition) is 2. The van der Waals surface area contributed by atoms with Gasteiger partial charge >= 0.3 is 5.97 Å². The second-order valence-corrected chi connectivity index (χ2v) is 3.94. The van der Waals surface area contributed by atoms with E-state index in [2.05, 4.69) is 15.0 Å². The lowest BCUT2D eigenvalue weighted by Crippen LogP contribution is -1.95. The molecular formula is C11H22O6. The van der Waals surface area contributed by atoms with Crippen molar-refractivity contribution in [3.8, 4) is 0 Å². The molecular weight excluding hydrogens is 228 g/mol. The van der Waals surface area contributed by atoms with E-state index in [9.17, 15) is 4.79 Å². The van der Waals surface area contributed by atoms with E-state index in [0.29, 0.717) is 6.61 Å². The van der Waals surface area contributed by atoms with Crippen LogP contribution < -0.4 is 0 Å². The molecule has 0 rings (SSSR count). The molecule has 0 aromatic heterocycles. The minimum Gasteiger partial charge on any atom is -0.481 e. The number of hydrogen-bond acceptors (Lipinski definition) is 5. The molecule has 2 N–H and O–H groups in total. The summed E-state index contributed by atoms with van der Waals surface area (Å²) in [7, 11) is 0. The molecule has 0 aliphatic carbocycles. The maximum Gasteiger partial charge on any atom is 0.303 e. The van der Waals surface area contributed by atoms with Crippen molar-refractivity contribution in [3.05, 3.63) is 0 Å². The van der Waals surface area contributed by atoms with Crippen molar-refractivity contribution >= 4 is 5.97 Å². The standard InChI is InChI=1S/C11H22O6/c12-11(13)9-7-5-3-1-2-4-6-8-10-15-17-16-14/h14H,1-10H2,(H,12,13). The van der Waals surface area contributed by atoms with Gasteiger partial charge in [0.25, 0.3) is 0 Å². The van der Waals surface area contributed by atoms with Gasteiger partial charge < -0.3 is 5.11 Å². The third-order valence-corrected chi connectivity index (χ3v) is 2.45. The van der Waals surface area contributed by atoms with Crippen LogP contribution in [-0.2, 0) is 19.8 Å². The van der Waals surface area contributed by atoms with Gasteiger partial charge in [0, 0.05) is 6.42 Å². The second-order valence-electron chi connectivity index (χ2n) is 3.94. The second kappa shape index (κ2) is 13.4. The van der Waals surface area contributed by atoms with E-state index in [1.54, 1.807) is 0 Å². The summed E-state index contributed by atoms with van der Waals surface area (Å²) >= 11 is 0. The Hall–Kier alpha value is -0.690. The van der Waals surface area contributed by atoms with Gasteiger partial charge in [0.15, 0.2) is 0 Å². The summed E-state index contributed by atoms with van der Waals surface area (Å²) < 4.78 is 0. The number of unbranched alkanes of at least 4 members (excludes halogenated alkanes) is 7. The minimum atomic E-state index is -0.709. The van der Waals surface area contributed by atoms with Crippen LogP contribution in [0.4, 0.5) is 0 Å². The average Bonchev–Trinajstić information content (AvgIpc) is 2.30. The molecule has 0 unspecified atom stereocenters. The highest BCUT2D eigenvalue weighted by Crippen LogP contribution is 2.09. The highest BCUT2D eigenvalue weighted by Gasteiger charge is 1.96. The summed E-state index contributed by atoms with van der Waals surface area (Å²) in [6.07, 6.45) is 8.50. The Morgan fingerprint density at radius 2 is 1.41 bits per heavy atom. The van der Waals surface area contributed by atoms with Gasteiger partial charge in [0.05, 0.1) is 6.61 Å². The number of carboxylic acid groups (broad SMARTS) is 1. The van der Waals surface area contributed by atoms with Crippen molar-refractivity contribution in [3.63, 3.8) is 0 Å². The summed E-state index contributed by atoms with van der Waals surface area (Å²) in [5.41, 5.74) is 0. The van der Waals surface area contributed by atoms with Crippen LogP contribution in [-0.4, -0.2) is 22.9 Å². The first kappa shape index (κ1) is 16.3. The molecule has 0 atom stereocenters. The zero-order valence-electron chi connectivity index (χ0n) is 10.1. The lowest BCUT2D eigenvalue weighted by Gasteiger charge is -2.01. The third-order valence-electron chi connectivity index (χ3n) is 2.45. The van der Waals surface area contributed by atoms with Crippen molar-refractivity contribution < 1.29 is 30.1 Å². The zero-order chi connectivity index (χ0) is 12.8. The maximum absolute atomic E-state index is 10.2. The fourth-order valence-corrected chi connectivity index (χ4v) is 1.55. The molecule has 0 saturated heterocycles. The highest BCUT2D eigenvalue weighted by atomic mass is 17.6. The van der Waals surface area contributed by atoms with Gasteiger partial charge in [-0.25, -0.2) is 10.1 Å². The Labute approximate surface area is 101 Å². The van der Waals surface area contributed by atoms with Crippen LogP contribution in [0.5, 0.6) is 0 Å². The van der Waals surface area contributed by atoms with Crippen LogP contribution in [0.1, 0.15) is 57.8 Å². The Morgan fingerprint density at radius 1 is 0.882 bits per heavy atom. The van der Waals surface area contributed by atoms with Crippen LogP contribution in [0.3, 0.4) is 0 Å². The summed E-state index contributed by atoms with van der Waals surface area (Å²) in [5, 5.41) is 23.3. The molecule has 0 saturated carbocycles. The van der Waals surface area contributed by atoms with E-state index >= 15 is 0 Å². The number of carbonyl (C=O) groups is 1. The Balaban J connectivity index is 2.91. The molecule has 0 bridgehead atoms. The van der Waals surface area contributed by atoms with Gasteiger partial charge in [-0.05, 0) is 22.9 Å². The predicted octanol–water partition coefficient (Wildman–Crippen LogP) is 2.93. The van der Waals surface area contributed by atoms with Crippen LogP contribution >= 0.6 is 0 Å². The molecule has 17 heavy (non-hydrogen) atoms. The van der Waals surface area contributed by atoms with Crippen LogP contribution in [0.25, 0.3) is 0 Å². The molecule has 0 heterocycles. The van der Waals surface area contributed by atoms with E-state index in [1.807, 2.05) is 0 Å². The smallest absolute Gasteiger partial charge is 0.303 e. The van der Waals surface area contributed by atoms with Crippen molar-refractivity contribution in [1.82, 2.24) is 0 Å². The predicted molar refractivity (Wildman–Crippen MR) is 59.9 cm³/mol. The van der Waals surface area contributed by atoms with E-state index in [0.717, 1.165) is 51.4 Å². The topological polar surface area (TPSA) is 85.2 Å². The molecule has 6 heteroatoms. The molecule has 0 amide bonds. The monoisotopic (exact) mass is 250 g/mol. The number of carboxylic acids is 1. The number of aliphatic carboxylic acids is 1. The van der Waals surface area contributed by atoms with Gasteiger partial charge in [0.2, 0.25) is 0 Å². The van der Waals surface area contributed by atoms with Crippen molar-refractivity contribution in [2.45, 2.75) is 57.8 Å². The van der Waals surface area contributed by atoms with Gasteiger partial charge in [-0.1, -0.05) is 38.5 Å². The minimum absolute atomic E-state index is 0.282. The summed E-state index contributed by atoms with van der Waals surface area (Å²) in [4.78, 5) is 14.7. The third kappa shape index (κ3) is 15.3. The summed E-state index contributed by atoms with van der Waals surface area (Å²) in [6.45, 7) is 0.402. The van der Waals surface area contributed by atoms with Crippen LogP contribution in [0.2, 0.25) is 0 Å². The lowest BCUT2D eigenvalue weighted by atomic mass is 10.1. The molecule has 0 aliphatic rings. The fourth-order valence-electron chi connectivity index (χ4n) is 1.55. The van der Waals surface area contributed by atoms with E-state index < -0.39 is 5.97 Å². The summed E-state index contributed by atoms with van der Waals surface area (Å²) in [5.74, 6) is -0.709. The van der Waals surface area contributed by atoms with E-state index in [-0.39, 0.29) is 6.42 Å². The van der Waals surface area contributed by atoms with Gasteiger partial charge in [0.1, 0.15) is 0 Å². The zero-order valence-corrected chi connectivity index (χ0v) is 10.1. The van der Waals surface area contributed by atoms with Gasteiger partial charge in [-0.3, -0.25) is 4.79 Å². The largest absolute Gasteiger partial charge is 0.481 e. The van der Waals surface area contributed by atoms with Crippen LogP contribution in [0.15, 0.2) is 0 Å².